The Kier molecular flexibility index (Phi) is 6.29. The number of carbonyl (C=O) groups excluding carboxylic acids is 1. The Balaban J connectivity index is 1.87. The Morgan fingerprint density at radius 2 is 1.88 bits per heavy atom. The molecule has 2 aromatic rings. The Morgan fingerprint density at radius 1 is 1.17 bits per heavy atom. The molecule has 2 rings (SSSR count). The van der Waals surface area contributed by atoms with Crippen molar-refractivity contribution in [3.8, 4) is 6.07 Å². The molecular weight excluding hydrogens is 302 g/mol. The Labute approximate surface area is 142 Å². The van der Waals surface area contributed by atoms with Gasteiger partial charge in [0.25, 0.3) is 5.91 Å². The number of amides is 1. The van der Waals surface area contributed by atoms with Crippen LogP contribution >= 0.6 is 0 Å². The molecule has 0 atom stereocenters. The standard InChI is InChI=1S/C18H21N5O/c1-23(2)11-3-10-20-18(24)17-9-8-16(13-21-17)22-15-6-4-14(12-19)5-7-15/h4-9,13,22H,3,10-11H2,1-2H3,(H,20,24). The number of benzene rings is 1. The highest BCUT2D eigenvalue weighted by Crippen LogP contribution is 2.16. The number of carbonyl (C=O) groups is 1. The molecular formula is C18H21N5O. The molecule has 1 amide bonds. The van der Waals surface area contributed by atoms with Crippen molar-refractivity contribution in [1.29, 1.82) is 5.26 Å². The molecule has 0 unspecified atom stereocenters. The predicted molar refractivity (Wildman–Crippen MR) is 94.2 cm³/mol. The third-order valence-electron chi connectivity index (χ3n) is 3.37. The number of pyridine rings is 1. The minimum Gasteiger partial charge on any atom is -0.354 e. The fraction of sp³-hybridized carbons (Fsp3) is 0.278. The third-order valence-corrected chi connectivity index (χ3v) is 3.37. The van der Waals surface area contributed by atoms with Crippen molar-refractivity contribution >= 4 is 17.3 Å². The fourth-order valence-electron chi connectivity index (χ4n) is 2.08. The Morgan fingerprint density at radius 3 is 2.46 bits per heavy atom. The van der Waals surface area contributed by atoms with Gasteiger partial charge in [-0.2, -0.15) is 5.26 Å². The van der Waals surface area contributed by atoms with Gasteiger partial charge in [0.2, 0.25) is 0 Å². The van der Waals surface area contributed by atoms with E-state index in [0.717, 1.165) is 24.3 Å². The van der Waals surface area contributed by atoms with Crippen molar-refractivity contribution in [3.05, 3.63) is 53.9 Å². The lowest BCUT2D eigenvalue weighted by atomic mass is 10.2. The number of nitriles is 1. The van der Waals surface area contributed by atoms with Crippen molar-refractivity contribution in [2.45, 2.75) is 6.42 Å². The number of hydrogen-bond acceptors (Lipinski definition) is 5. The quantitative estimate of drug-likeness (QED) is 0.765. The molecule has 6 heteroatoms. The van der Waals surface area contributed by atoms with Gasteiger partial charge in [0.1, 0.15) is 5.69 Å². The summed E-state index contributed by atoms with van der Waals surface area (Å²) in [7, 11) is 4.01. The second-order valence-corrected chi connectivity index (χ2v) is 5.66. The number of nitrogens with zero attached hydrogens (tertiary/aromatic N) is 3. The van der Waals surface area contributed by atoms with Crippen LogP contribution in [0, 0.1) is 11.3 Å². The van der Waals surface area contributed by atoms with E-state index in [4.69, 9.17) is 5.26 Å². The molecule has 0 radical (unpaired) electrons. The SMILES string of the molecule is CN(C)CCCNC(=O)c1ccc(Nc2ccc(C#N)cc2)cn1. The highest BCUT2D eigenvalue weighted by molar-refractivity contribution is 5.92. The number of nitrogens with one attached hydrogen (secondary N) is 2. The minimum absolute atomic E-state index is 0.168. The van der Waals surface area contributed by atoms with E-state index in [1.165, 1.54) is 0 Å². The summed E-state index contributed by atoms with van der Waals surface area (Å²) in [6, 6.07) is 12.7. The van der Waals surface area contributed by atoms with Gasteiger partial charge in [0.15, 0.2) is 0 Å². The average molecular weight is 323 g/mol. The normalized spacial score (nSPS) is 10.2. The van der Waals surface area contributed by atoms with Crippen LogP contribution in [-0.4, -0.2) is 43.0 Å². The highest BCUT2D eigenvalue weighted by atomic mass is 16.1. The van der Waals surface area contributed by atoms with E-state index in [0.29, 0.717) is 17.8 Å². The van der Waals surface area contributed by atoms with Gasteiger partial charge in [-0.3, -0.25) is 4.79 Å². The van der Waals surface area contributed by atoms with Gasteiger partial charge >= 0.3 is 0 Å². The van der Waals surface area contributed by atoms with Gasteiger partial charge in [0.05, 0.1) is 23.5 Å². The third kappa shape index (κ3) is 5.38. The van der Waals surface area contributed by atoms with Crippen molar-refractivity contribution < 1.29 is 4.79 Å². The maximum Gasteiger partial charge on any atom is 0.269 e. The predicted octanol–water partition coefficient (Wildman–Crippen LogP) is 2.38. The lowest BCUT2D eigenvalue weighted by molar-refractivity contribution is 0.0947. The van der Waals surface area contributed by atoms with Crippen LogP contribution in [0.2, 0.25) is 0 Å². The first-order valence-corrected chi connectivity index (χ1v) is 7.74. The van der Waals surface area contributed by atoms with Crippen LogP contribution in [0.15, 0.2) is 42.6 Å². The zero-order valence-corrected chi connectivity index (χ0v) is 13.9. The molecule has 124 valence electrons. The monoisotopic (exact) mass is 323 g/mol. The van der Waals surface area contributed by atoms with Crippen LogP contribution in [-0.2, 0) is 0 Å². The molecule has 6 nitrogen and oxygen atoms in total. The molecule has 0 spiro atoms. The van der Waals surface area contributed by atoms with Crippen LogP contribution in [0.25, 0.3) is 0 Å². The van der Waals surface area contributed by atoms with Crippen LogP contribution in [0.1, 0.15) is 22.5 Å². The largest absolute Gasteiger partial charge is 0.354 e. The molecule has 0 fully saturated rings. The van der Waals surface area contributed by atoms with Crippen molar-refractivity contribution in [2.24, 2.45) is 0 Å². The van der Waals surface area contributed by atoms with Gasteiger partial charge in [-0.15, -0.1) is 0 Å². The molecule has 1 aromatic heterocycles. The van der Waals surface area contributed by atoms with Crippen LogP contribution in [0.3, 0.4) is 0 Å². The molecule has 0 saturated heterocycles. The molecule has 1 aromatic carbocycles. The van der Waals surface area contributed by atoms with Gasteiger partial charge in [0, 0.05) is 12.2 Å². The molecule has 0 saturated carbocycles. The number of aromatic nitrogens is 1. The van der Waals surface area contributed by atoms with Crippen LogP contribution in [0.4, 0.5) is 11.4 Å². The molecule has 0 aliphatic heterocycles. The van der Waals surface area contributed by atoms with Crippen molar-refractivity contribution in [3.63, 3.8) is 0 Å². The molecule has 0 aliphatic carbocycles. The zero-order valence-electron chi connectivity index (χ0n) is 13.9. The van der Waals surface area contributed by atoms with Crippen molar-refractivity contribution in [1.82, 2.24) is 15.2 Å². The van der Waals surface area contributed by atoms with E-state index < -0.39 is 0 Å². The summed E-state index contributed by atoms with van der Waals surface area (Å²) in [6.45, 7) is 1.56. The van der Waals surface area contributed by atoms with E-state index in [1.807, 2.05) is 26.2 Å². The van der Waals surface area contributed by atoms with E-state index in [-0.39, 0.29) is 5.91 Å². The van der Waals surface area contributed by atoms with E-state index in [2.05, 4.69) is 26.6 Å². The van der Waals surface area contributed by atoms with E-state index >= 15 is 0 Å². The molecule has 24 heavy (non-hydrogen) atoms. The highest BCUT2D eigenvalue weighted by Gasteiger charge is 2.06. The van der Waals surface area contributed by atoms with Crippen LogP contribution in [0.5, 0.6) is 0 Å². The van der Waals surface area contributed by atoms with Crippen LogP contribution < -0.4 is 10.6 Å². The van der Waals surface area contributed by atoms with E-state index in [1.54, 1.807) is 30.5 Å². The van der Waals surface area contributed by atoms with Gasteiger partial charge in [-0.05, 0) is 63.5 Å². The second kappa shape index (κ2) is 8.65. The maximum atomic E-state index is 12.0. The summed E-state index contributed by atoms with van der Waals surface area (Å²) < 4.78 is 0. The van der Waals surface area contributed by atoms with Crippen molar-refractivity contribution in [2.75, 3.05) is 32.5 Å². The number of hydrogen-bond donors (Lipinski definition) is 2. The van der Waals surface area contributed by atoms with Gasteiger partial charge < -0.3 is 15.5 Å². The summed E-state index contributed by atoms with van der Waals surface area (Å²) in [5, 5.41) is 14.8. The summed E-state index contributed by atoms with van der Waals surface area (Å²) in [5.41, 5.74) is 2.64. The summed E-state index contributed by atoms with van der Waals surface area (Å²) in [4.78, 5) is 18.3. The van der Waals surface area contributed by atoms with E-state index in [9.17, 15) is 4.79 Å². The fourth-order valence-corrected chi connectivity index (χ4v) is 2.08. The molecule has 2 N–H and O–H groups in total. The Bertz CT molecular complexity index is 702. The first kappa shape index (κ1) is 17.4. The minimum atomic E-state index is -0.168. The Hall–Kier alpha value is -2.91. The maximum absolute atomic E-state index is 12.0. The number of anilines is 2. The van der Waals surface area contributed by atoms with Gasteiger partial charge in [-0.25, -0.2) is 4.98 Å². The zero-order chi connectivity index (χ0) is 17.4. The smallest absolute Gasteiger partial charge is 0.269 e. The lowest BCUT2D eigenvalue weighted by Gasteiger charge is -2.10. The first-order valence-electron chi connectivity index (χ1n) is 7.74. The first-order chi connectivity index (χ1) is 11.6. The molecule has 0 bridgehead atoms. The summed E-state index contributed by atoms with van der Waals surface area (Å²) >= 11 is 0. The number of rotatable bonds is 7. The summed E-state index contributed by atoms with van der Waals surface area (Å²) in [5.74, 6) is -0.168. The lowest BCUT2D eigenvalue weighted by Crippen LogP contribution is -2.27. The second-order valence-electron chi connectivity index (χ2n) is 5.66. The average Bonchev–Trinajstić information content (AvgIpc) is 2.59. The van der Waals surface area contributed by atoms with Gasteiger partial charge in [-0.1, -0.05) is 0 Å². The molecule has 0 aliphatic rings. The molecule has 1 heterocycles. The summed E-state index contributed by atoms with van der Waals surface area (Å²) in [6.07, 6.45) is 2.52. The topological polar surface area (TPSA) is 81.0 Å².